The average molecular weight is 336 g/mol. The van der Waals surface area contributed by atoms with Gasteiger partial charge in [0.15, 0.2) is 0 Å². The molecule has 2 heterocycles. The highest BCUT2D eigenvalue weighted by Crippen LogP contribution is 2.34. The highest BCUT2D eigenvalue weighted by molar-refractivity contribution is 7.15. The first-order chi connectivity index (χ1) is 10.6. The molecule has 3 nitrogen and oxygen atoms in total. The second-order valence-electron chi connectivity index (χ2n) is 5.57. The number of carbonyl (C=O) groups is 1. The van der Waals surface area contributed by atoms with Crippen LogP contribution in [0.1, 0.15) is 24.1 Å². The number of rotatable bonds is 4. The van der Waals surface area contributed by atoms with E-state index in [-0.39, 0.29) is 6.04 Å². The van der Waals surface area contributed by atoms with E-state index in [0.717, 1.165) is 41.3 Å². The molecule has 1 aromatic carbocycles. The van der Waals surface area contributed by atoms with Crippen molar-refractivity contribution in [2.45, 2.75) is 31.8 Å². The number of carboxylic acid groups (broad SMARTS) is 1. The Balaban J connectivity index is 1.77. The van der Waals surface area contributed by atoms with Crippen molar-refractivity contribution in [3.05, 3.63) is 46.3 Å². The first-order valence-corrected chi connectivity index (χ1v) is 8.65. The van der Waals surface area contributed by atoms with E-state index in [4.69, 9.17) is 11.6 Å². The lowest BCUT2D eigenvalue weighted by Gasteiger charge is -2.32. The monoisotopic (exact) mass is 335 g/mol. The predicted octanol–water partition coefficient (Wildman–Crippen LogP) is 4.51. The molecule has 1 fully saturated rings. The van der Waals surface area contributed by atoms with Gasteiger partial charge in [-0.15, -0.1) is 11.3 Å². The lowest BCUT2D eigenvalue weighted by molar-refractivity contribution is -0.144. The van der Waals surface area contributed by atoms with Crippen LogP contribution in [0, 0.1) is 0 Å². The van der Waals surface area contributed by atoms with Crippen LogP contribution in [-0.2, 0) is 11.3 Å². The fourth-order valence-corrected chi connectivity index (χ4v) is 4.30. The van der Waals surface area contributed by atoms with Crippen molar-refractivity contribution in [2.24, 2.45) is 0 Å². The van der Waals surface area contributed by atoms with Crippen molar-refractivity contribution in [1.82, 2.24) is 4.90 Å². The summed E-state index contributed by atoms with van der Waals surface area (Å²) in [6.45, 7) is 1.56. The highest BCUT2D eigenvalue weighted by atomic mass is 35.5. The predicted molar refractivity (Wildman–Crippen MR) is 90.4 cm³/mol. The number of thiophene rings is 1. The third-order valence-corrected chi connectivity index (χ3v) is 5.49. The van der Waals surface area contributed by atoms with Crippen LogP contribution >= 0.6 is 22.9 Å². The summed E-state index contributed by atoms with van der Waals surface area (Å²) in [6, 6.07) is 11.6. The number of benzene rings is 1. The summed E-state index contributed by atoms with van der Waals surface area (Å²) in [4.78, 5) is 15.8. The number of aliphatic carboxylic acids is 1. The fourth-order valence-electron chi connectivity index (χ4n) is 2.93. The number of likely N-dealkylation sites (tertiary alicyclic amines) is 1. The zero-order chi connectivity index (χ0) is 15.5. The topological polar surface area (TPSA) is 40.5 Å². The van der Waals surface area contributed by atoms with Crippen LogP contribution in [0.25, 0.3) is 10.4 Å². The maximum Gasteiger partial charge on any atom is 0.320 e. The van der Waals surface area contributed by atoms with Gasteiger partial charge in [-0.05, 0) is 37.6 Å². The second kappa shape index (κ2) is 6.82. The Morgan fingerprint density at radius 1 is 1.27 bits per heavy atom. The lowest BCUT2D eigenvalue weighted by atomic mass is 10.0. The van der Waals surface area contributed by atoms with Crippen LogP contribution in [0.4, 0.5) is 0 Å². The molecule has 1 atom stereocenters. The molecule has 0 radical (unpaired) electrons. The molecule has 3 rings (SSSR count). The minimum absolute atomic E-state index is 0.348. The van der Waals surface area contributed by atoms with Gasteiger partial charge in [-0.2, -0.15) is 0 Å². The van der Waals surface area contributed by atoms with Crippen molar-refractivity contribution in [3.8, 4) is 10.4 Å². The van der Waals surface area contributed by atoms with Gasteiger partial charge in [-0.1, -0.05) is 36.2 Å². The Bertz CT molecular complexity index is 670. The minimum Gasteiger partial charge on any atom is -0.480 e. The van der Waals surface area contributed by atoms with E-state index in [1.54, 1.807) is 11.3 Å². The number of hydrogen-bond acceptors (Lipinski definition) is 3. The third-order valence-electron chi connectivity index (χ3n) is 4.06. The largest absolute Gasteiger partial charge is 0.480 e. The van der Waals surface area contributed by atoms with Gasteiger partial charge in [-0.25, -0.2) is 0 Å². The van der Waals surface area contributed by atoms with Gasteiger partial charge in [0, 0.05) is 26.9 Å². The number of nitrogens with zero attached hydrogens (tertiary/aromatic N) is 1. The Morgan fingerprint density at radius 3 is 2.86 bits per heavy atom. The molecule has 1 aliphatic heterocycles. The first kappa shape index (κ1) is 15.5. The van der Waals surface area contributed by atoms with Crippen LogP contribution in [-0.4, -0.2) is 28.6 Å². The summed E-state index contributed by atoms with van der Waals surface area (Å²) < 4.78 is 0. The minimum atomic E-state index is -0.706. The standard InChI is InChI=1S/C17H18ClNO2S/c18-14-6-2-1-5-13(14)16-9-8-12(22-16)11-19-10-4-3-7-15(19)17(20)21/h1-2,5-6,8-9,15H,3-4,7,10-11H2,(H,20,21). The van der Waals surface area contributed by atoms with E-state index >= 15 is 0 Å². The van der Waals surface area contributed by atoms with Gasteiger partial charge in [0.25, 0.3) is 0 Å². The van der Waals surface area contributed by atoms with Gasteiger partial charge in [-0.3, -0.25) is 9.69 Å². The van der Waals surface area contributed by atoms with Gasteiger partial charge < -0.3 is 5.11 Å². The molecule has 2 aromatic rings. The summed E-state index contributed by atoms with van der Waals surface area (Å²) in [5.74, 6) is -0.706. The zero-order valence-corrected chi connectivity index (χ0v) is 13.7. The van der Waals surface area contributed by atoms with E-state index in [1.807, 2.05) is 24.3 Å². The molecule has 1 aromatic heterocycles. The normalized spacial score (nSPS) is 19.2. The Labute approximate surface area is 139 Å². The molecule has 1 aliphatic rings. The van der Waals surface area contributed by atoms with E-state index in [1.165, 1.54) is 4.88 Å². The van der Waals surface area contributed by atoms with Crippen LogP contribution in [0.15, 0.2) is 36.4 Å². The summed E-state index contributed by atoms with van der Waals surface area (Å²) in [6.07, 6.45) is 2.83. The van der Waals surface area contributed by atoms with Gasteiger partial charge in [0.05, 0.1) is 0 Å². The first-order valence-electron chi connectivity index (χ1n) is 7.45. The smallest absolute Gasteiger partial charge is 0.320 e. The SMILES string of the molecule is O=C(O)C1CCCCN1Cc1ccc(-c2ccccc2Cl)s1. The number of carboxylic acids is 1. The Morgan fingerprint density at radius 2 is 2.09 bits per heavy atom. The molecule has 1 N–H and O–H groups in total. The highest BCUT2D eigenvalue weighted by Gasteiger charge is 2.28. The molecule has 0 saturated carbocycles. The van der Waals surface area contributed by atoms with E-state index < -0.39 is 5.97 Å². The molecular formula is C17H18ClNO2S. The molecule has 5 heteroatoms. The van der Waals surface area contributed by atoms with Crippen molar-refractivity contribution >= 4 is 28.9 Å². The zero-order valence-electron chi connectivity index (χ0n) is 12.2. The molecule has 0 bridgehead atoms. The van der Waals surface area contributed by atoms with E-state index in [2.05, 4.69) is 17.0 Å². The van der Waals surface area contributed by atoms with Crippen molar-refractivity contribution < 1.29 is 9.90 Å². The number of halogens is 1. The van der Waals surface area contributed by atoms with Crippen molar-refractivity contribution in [3.63, 3.8) is 0 Å². The Kier molecular flexibility index (Phi) is 4.81. The fraction of sp³-hybridized carbons (Fsp3) is 0.353. The summed E-state index contributed by atoms with van der Waals surface area (Å²) in [5.41, 5.74) is 1.04. The molecule has 22 heavy (non-hydrogen) atoms. The summed E-state index contributed by atoms with van der Waals surface area (Å²) in [7, 11) is 0. The van der Waals surface area contributed by atoms with Crippen molar-refractivity contribution in [2.75, 3.05) is 6.54 Å². The van der Waals surface area contributed by atoms with Crippen LogP contribution in [0.5, 0.6) is 0 Å². The molecule has 0 aliphatic carbocycles. The molecular weight excluding hydrogens is 318 g/mol. The van der Waals surface area contributed by atoms with Gasteiger partial charge in [0.2, 0.25) is 0 Å². The van der Waals surface area contributed by atoms with Crippen LogP contribution in [0.3, 0.4) is 0 Å². The maximum atomic E-state index is 11.4. The van der Waals surface area contributed by atoms with Gasteiger partial charge in [0.1, 0.15) is 6.04 Å². The van der Waals surface area contributed by atoms with E-state index in [9.17, 15) is 9.90 Å². The lowest BCUT2D eigenvalue weighted by Crippen LogP contribution is -2.43. The third kappa shape index (κ3) is 3.35. The molecule has 0 spiro atoms. The van der Waals surface area contributed by atoms with E-state index in [0.29, 0.717) is 6.54 Å². The van der Waals surface area contributed by atoms with Crippen molar-refractivity contribution in [1.29, 1.82) is 0 Å². The number of piperidine rings is 1. The molecule has 0 amide bonds. The summed E-state index contributed by atoms with van der Waals surface area (Å²) >= 11 is 7.93. The molecule has 116 valence electrons. The van der Waals surface area contributed by atoms with Crippen LogP contribution in [0.2, 0.25) is 5.02 Å². The molecule has 1 unspecified atom stereocenters. The average Bonchev–Trinajstić information content (AvgIpc) is 2.96. The quantitative estimate of drug-likeness (QED) is 0.893. The summed E-state index contributed by atoms with van der Waals surface area (Å²) in [5, 5.41) is 10.1. The maximum absolute atomic E-state index is 11.4. The second-order valence-corrected chi connectivity index (χ2v) is 7.14. The number of hydrogen-bond donors (Lipinski definition) is 1. The van der Waals surface area contributed by atoms with Gasteiger partial charge >= 0.3 is 5.97 Å². The van der Waals surface area contributed by atoms with Crippen LogP contribution < -0.4 is 0 Å². The molecule has 1 saturated heterocycles. The Hall–Kier alpha value is -1.36.